The number of fused-ring (bicyclic) bond motifs is 3. The Kier molecular flexibility index (Phi) is 4.18. The zero-order valence-corrected chi connectivity index (χ0v) is 16.2. The minimum atomic E-state index is 0.159. The fraction of sp³-hybridized carbons (Fsp3) is 0.174. The van der Waals surface area contributed by atoms with Crippen LogP contribution in [0.25, 0.3) is 0 Å². The van der Waals surface area contributed by atoms with E-state index in [1.807, 2.05) is 36.4 Å². The number of anilines is 1. The van der Waals surface area contributed by atoms with E-state index in [0.717, 1.165) is 28.6 Å². The third-order valence-electron chi connectivity index (χ3n) is 5.53. The molecule has 0 fully saturated rings. The minimum absolute atomic E-state index is 0.159. The van der Waals surface area contributed by atoms with E-state index in [1.165, 1.54) is 22.4 Å². The van der Waals surface area contributed by atoms with Crippen LogP contribution in [0.4, 0.5) is 5.69 Å². The Bertz CT molecular complexity index is 1010. The van der Waals surface area contributed by atoms with Crippen LogP contribution in [-0.4, -0.2) is 5.71 Å². The number of aryl methyl sites for hydroxylation is 1. The predicted octanol–water partition coefficient (Wildman–Crippen LogP) is 6.52. The molecular formula is C23H18Cl2N2. The molecular weight excluding hydrogens is 375 g/mol. The molecule has 2 nitrogen and oxygen atoms in total. The molecule has 0 unspecified atom stereocenters. The molecule has 3 aromatic rings. The first-order chi connectivity index (χ1) is 13.2. The molecule has 134 valence electrons. The molecule has 0 radical (unpaired) electrons. The van der Waals surface area contributed by atoms with E-state index in [1.54, 1.807) is 0 Å². The molecule has 2 atom stereocenters. The summed E-state index contributed by atoms with van der Waals surface area (Å²) in [6.07, 6.45) is 2.17. The van der Waals surface area contributed by atoms with Crippen molar-refractivity contribution in [2.24, 2.45) is 11.0 Å². The standard InChI is InChI=1S/C23H18Cl2N2/c24-17-8-5-16(6-9-17)23-21-14-7-15-3-1-2-4-20(15)22(21)26-27(23)19-12-10-18(25)11-13-19/h1-6,8-13,21,23H,7,14H2/t21-,23-/m1/s1. The number of halogens is 2. The van der Waals surface area contributed by atoms with Gasteiger partial charge in [-0.2, -0.15) is 5.10 Å². The van der Waals surface area contributed by atoms with Crippen LogP contribution < -0.4 is 5.01 Å². The van der Waals surface area contributed by atoms with E-state index in [9.17, 15) is 0 Å². The lowest BCUT2D eigenvalue weighted by atomic mass is 9.77. The molecule has 1 aliphatic carbocycles. The number of hydrogen-bond acceptors (Lipinski definition) is 2. The van der Waals surface area contributed by atoms with Crippen LogP contribution >= 0.6 is 23.2 Å². The van der Waals surface area contributed by atoms with E-state index in [-0.39, 0.29) is 6.04 Å². The average Bonchev–Trinajstić information content (AvgIpc) is 3.09. The highest BCUT2D eigenvalue weighted by Crippen LogP contribution is 2.45. The molecule has 5 rings (SSSR count). The molecule has 3 aromatic carbocycles. The molecule has 0 N–H and O–H groups in total. The van der Waals surface area contributed by atoms with Crippen molar-refractivity contribution in [1.29, 1.82) is 0 Å². The molecule has 0 spiro atoms. The molecule has 0 amide bonds. The Morgan fingerprint density at radius 3 is 2.22 bits per heavy atom. The van der Waals surface area contributed by atoms with Gasteiger partial charge in [0.1, 0.15) is 0 Å². The maximum Gasteiger partial charge on any atom is 0.0860 e. The first-order valence-corrected chi connectivity index (χ1v) is 9.93. The molecule has 0 bridgehead atoms. The van der Waals surface area contributed by atoms with Gasteiger partial charge in [0.05, 0.1) is 17.4 Å². The van der Waals surface area contributed by atoms with Gasteiger partial charge in [0, 0.05) is 21.5 Å². The lowest BCUT2D eigenvalue weighted by Gasteiger charge is -2.30. The van der Waals surface area contributed by atoms with Crippen molar-refractivity contribution >= 4 is 34.6 Å². The fourth-order valence-corrected chi connectivity index (χ4v) is 4.52. The maximum atomic E-state index is 6.14. The van der Waals surface area contributed by atoms with Gasteiger partial charge >= 0.3 is 0 Å². The van der Waals surface area contributed by atoms with Crippen molar-refractivity contribution in [3.63, 3.8) is 0 Å². The summed E-state index contributed by atoms with van der Waals surface area (Å²) in [6, 6.07) is 24.9. The Morgan fingerprint density at radius 1 is 0.815 bits per heavy atom. The SMILES string of the molecule is Clc1ccc([C@@H]2[C@@H]3CCc4ccccc4C3=NN2c2ccc(Cl)cc2)cc1. The quantitative estimate of drug-likeness (QED) is 0.484. The normalized spacial score (nSPS) is 20.8. The minimum Gasteiger partial charge on any atom is -0.257 e. The Hall–Kier alpha value is -2.29. The van der Waals surface area contributed by atoms with Gasteiger partial charge in [0.15, 0.2) is 0 Å². The first kappa shape index (κ1) is 16.9. The number of hydrazone groups is 1. The second kappa shape index (κ2) is 6.70. The highest BCUT2D eigenvalue weighted by atomic mass is 35.5. The molecule has 2 aliphatic rings. The summed E-state index contributed by atoms with van der Waals surface area (Å²) in [5.41, 5.74) is 6.15. The van der Waals surface area contributed by atoms with E-state index < -0.39 is 0 Å². The van der Waals surface area contributed by atoms with Crippen LogP contribution in [0, 0.1) is 5.92 Å². The van der Waals surface area contributed by atoms with Crippen molar-refractivity contribution in [1.82, 2.24) is 0 Å². The zero-order chi connectivity index (χ0) is 18.4. The molecule has 27 heavy (non-hydrogen) atoms. The number of benzene rings is 3. The van der Waals surface area contributed by atoms with E-state index in [2.05, 4.69) is 41.4 Å². The van der Waals surface area contributed by atoms with E-state index in [4.69, 9.17) is 28.3 Å². The van der Waals surface area contributed by atoms with Gasteiger partial charge in [-0.15, -0.1) is 0 Å². The van der Waals surface area contributed by atoms with Gasteiger partial charge in [-0.25, -0.2) is 0 Å². The van der Waals surface area contributed by atoms with Crippen molar-refractivity contribution in [3.8, 4) is 0 Å². The van der Waals surface area contributed by atoms with E-state index in [0.29, 0.717) is 5.92 Å². The van der Waals surface area contributed by atoms with Gasteiger partial charge in [-0.05, 0) is 60.4 Å². The molecule has 0 aromatic heterocycles. The maximum absolute atomic E-state index is 6.14. The van der Waals surface area contributed by atoms with E-state index >= 15 is 0 Å². The van der Waals surface area contributed by atoms with Crippen molar-refractivity contribution in [2.45, 2.75) is 18.9 Å². The third kappa shape index (κ3) is 2.93. The summed E-state index contributed by atoms with van der Waals surface area (Å²) >= 11 is 12.2. The average molecular weight is 393 g/mol. The number of rotatable bonds is 2. The third-order valence-corrected chi connectivity index (χ3v) is 6.04. The lowest BCUT2D eigenvalue weighted by Crippen LogP contribution is -2.28. The van der Waals surface area contributed by atoms with Crippen LogP contribution in [0.2, 0.25) is 10.0 Å². The van der Waals surface area contributed by atoms with Crippen LogP contribution in [0.1, 0.15) is 29.2 Å². The summed E-state index contributed by atoms with van der Waals surface area (Å²) < 4.78 is 0. The highest BCUT2D eigenvalue weighted by Gasteiger charge is 2.41. The van der Waals surface area contributed by atoms with Crippen LogP contribution in [0.3, 0.4) is 0 Å². The summed E-state index contributed by atoms with van der Waals surface area (Å²) in [5.74, 6) is 0.358. The number of hydrogen-bond donors (Lipinski definition) is 0. The second-order valence-corrected chi connectivity index (χ2v) is 7.98. The summed E-state index contributed by atoms with van der Waals surface area (Å²) in [5, 5.41) is 8.75. The summed E-state index contributed by atoms with van der Waals surface area (Å²) in [7, 11) is 0. The van der Waals surface area contributed by atoms with Gasteiger partial charge in [-0.1, -0.05) is 59.6 Å². The largest absolute Gasteiger partial charge is 0.257 e. The van der Waals surface area contributed by atoms with Gasteiger partial charge < -0.3 is 0 Å². The Labute approximate surface area is 169 Å². The molecule has 0 saturated heterocycles. The van der Waals surface area contributed by atoms with Gasteiger partial charge in [0.2, 0.25) is 0 Å². The monoisotopic (exact) mass is 392 g/mol. The van der Waals surface area contributed by atoms with Gasteiger partial charge in [-0.3, -0.25) is 5.01 Å². The van der Waals surface area contributed by atoms with Crippen LogP contribution in [0.15, 0.2) is 77.9 Å². The molecule has 1 aliphatic heterocycles. The summed E-state index contributed by atoms with van der Waals surface area (Å²) in [6.45, 7) is 0. The predicted molar refractivity (Wildman–Crippen MR) is 113 cm³/mol. The van der Waals surface area contributed by atoms with Crippen molar-refractivity contribution < 1.29 is 0 Å². The van der Waals surface area contributed by atoms with Crippen molar-refractivity contribution in [2.75, 3.05) is 5.01 Å². The Morgan fingerprint density at radius 2 is 1.48 bits per heavy atom. The second-order valence-electron chi connectivity index (χ2n) is 7.10. The van der Waals surface area contributed by atoms with Gasteiger partial charge in [0.25, 0.3) is 0 Å². The zero-order valence-electron chi connectivity index (χ0n) is 14.6. The highest BCUT2D eigenvalue weighted by molar-refractivity contribution is 6.30. The topological polar surface area (TPSA) is 15.6 Å². The number of nitrogens with zero attached hydrogens (tertiary/aromatic N) is 2. The van der Waals surface area contributed by atoms with Crippen molar-refractivity contribution in [3.05, 3.63) is 99.5 Å². The van der Waals surface area contributed by atoms with Crippen LogP contribution in [0.5, 0.6) is 0 Å². The smallest absolute Gasteiger partial charge is 0.0860 e. The molecule has 4 heteroatoms. The van der Waals surface area contributed by atoms with Crippen LogP contribution in [-0.2, 0) is 6.42 Å². The molecule has 1 heterocycles. The Balaban J connectivity index is 1.64. The lowest BCUT2D eigenvalue weighted by molar-refractivity contribution is 0.510. The fourth-order valence-electron chi connectivity index (χ4n) is 4.27. The summed E-state index contributed by atoms with van der Waals surface area (Å²) in [4.78, 5) is 0. The molecule has 0 saturated carbocycles. The first-order valence-electron chi connectivity index (χ1n) is 9.18.